The number of nitrogens with zero attached hydrogens (tertiary/aromatic N) is 3. The Kier molecular flexibility index (Phi) is 5.21. The first-order valence-electron chi connectivity index (χ1n) is 10.8. The van der Waals surface area contributed by atoms with E-state index in [-0.39, 0.29) is 5.91 Å². The van der Waals surface area contributed by atoms with Crippen LogP contribution >= 0.6 is 11.3 Å². The minimum atomic E-state index is -0.122. The van der Waals surface area contributed by atoms with Crippen LogP contribution in [0.3, 0.4) is 0 Å². The number of hydrogen-bond acceptors (Lipinski definition) is 4. The van der Waals surface area contributed by atoms with Gasteiger partial charge in [0.25, 0.3) is 5.91 Å². The third-order valence-electron chi connectivity index (χ3n) is 6.46. The van der Waals surface area contributed by atoms with E-state index in [9.17, 15) is 4.79 Å². The average molecular weight is 421 g/mol. The van der Waals surface area contributed by atoms with Gasteiger partial charge in [-0.1, -0.05) is 19.1 Å². The molecule has 156 valence electrons. The van der Waals surface area contributed by atoms with Crippen molar-refractivity contribution in [1.29, 1.82) is 0 Å². The second-order valence-corrected chi connectivity index (χ2v) is 9.67. The maximum absolute atomic E-state index is 13.0. The quantitative estimate of drug-likeness (QED) is 0.664. The molecule has 2 aromatic heterocycles. The van der Waals surface area contributed by atoms with Crippen molar-refractivity contribution in [3.8, 4) is 11.3 Å². The zero-order valence-corrected chi connectivity index (χ0v) is 18.5. The summed E-state index contributed by atoms with van der Waals surface area (Å²) >= 11 is 1.79. The standard InChI is InChI=1S/C24H28N4OS/c1-16-9-12-28(13-10-16)15-17-3-5-18(6-4-17)25-24(29)22-20-7-8-21-19(11-14-30-21)23(20)27(2)26-22/h3-6,11,14,16H,7-10,12-13,15H2,1-2H3,(H,25,29). The van der Waals surface area contributed by atoms with Gasteiger partial charge >= 0.3 is 0 Å². The van der Waals surface area contributed by atoms with E-state index in [4.69, 9.17) is 0 Å². The van der Waals surface area contributed by atoms with Crippen molar-refractivity contribution >= 4 is 22.9 Å². The van der Waals surface area contributed by atoms with Gasteiger partial charge in [-0.2, -0.15) is 5.10 Å². The van der Waals surface area contributed by atoms with E-state index in [1.165, 1.54) is 41.9 Å². The predicted molar refractivity (Wildman–Crippen MR) is 122 cm³/mol. The van der Waals surface area contributed by atoms with E-state index < -0.39 is 0 Å². The summed E-state index contributed by atoms with van der Waals surface area (Å²) in [4.78, 5) is 16.9. The van der Waals surface area contributed by atoms with Crippen molar-refractivity contribution in [3.05, 3.63) is 57.4 Å². The second kappa shape index (κ2) is 8.00. The number of thiophene rings is 1. The summed E-state index contributed by atoms with van der Waals surface area (Å²) in [6.45, 7) is 5.68. The topological polar surface area (TPSA) is 50.2 Å². The Morgan fingerprint density at radius 1 is 1.17 bits per heavy atom. The number of rotatable bonds is 4. The summed E-state index contributed by atoms with van der Waals surface area (Å²) in [6.07, 6.45) is 4.42. The second-order valence-electron chi connectivity index (χ2n) is 8.67. The Bertz CT molecular complexity index is 1060. The lowest BCUT2D eigenvalue weighted by Gasteiger charge is -2.30. The number of nitrogens with one attached hydrogen (secondary N) is 1. The molecule has 6 heteroatoms. The Morgan fingerprint density at radius 3 is 2.70 bits per heavy atom. The highest BCUT2D eigenvalue weighted by Crippen LogP contribution is 2.37. The molecule has 1 fully saturated rings. The summed E-state index contributed by atoms with van der Waals surface area (Å²) < 4.78 is 1.86. The molecule has 3 heterocycles. The van der Waals surface area contributed by atoms with Gasteiger partial charge in [0.15, 0.2) is 5.69 Å². The molecule has 5 rings (SSSR count). The lowest BCUT2D eigenvalue weighted by Crippen LogP contribution is -2.32. The van der Waals surface area contributed by atoms with Crippen LogP contribution in [-0.4, -0.2) is 33.7 Å². The summed E-state index contributed by atoms with van der Waals surface area (Å²) in [5.74, 6) is 0.728. The van der Waals surface area contributed by atoms with Crippen molar-refractivity contribution < 1.29 is 4.79 Å². The molecule has 0 spiro atoms. The van der Waals surface area contributed by atoms with Gasteiger partial charge in [-0.3, -0.25) is 14.4 Å². The molecule has 1 aromatic carbocycles. The first-order valence-corrected chi connectivity index (χ1v) is 11.7. The maximum atomic E-state index is 13.0. The number of anilines is 1. The smallest absolute Gasteiger partial charge is 0.276 e. The maximum Gasteiger partial charge on any atom is 0.276 e. The number of carbonyl (C=O) groups excluding carboxylic acids is 1. The highest BCUT2D eigenvalue weighted by Gasteiger charge is 2.27. The van der Waals surface area contributed by atoms with Crippen molar-refractivity contribution in [1.82, 2.24) is 14.7 Å². The van der Waals surface area contributed by atoms with Gasteiger partial charge in [-0.15, -0.1) is 11.3 Å². The highest BCUT2D eigenvalue weighted by molar-refractivity contribution is 7.10. The fraction of sp³-hybridized carbons (Fsp3) is 0.417. The SMILES string of the molecule is CC1CCN(Cc2ccc(NC(=O)c3nn(C)c4c3CCc3sccc3-4)cc2)CC1. The van der Waals surface area contributed by atoms with Gasteiger partial charge in [0.1, 0.15) is 0 Å². The molecule has 0 bridgehead atoms. The molecule has 0 radical (unpaired) electrons. The van der Waals surface area contributed by atoms with E-state index in [2.05, 4.69) is 45.8 Å². The molecule has 0 saturated carbocycles. The van der Waals surface area contributed by atoms with Crippen molar-refractivity contribution in [2.75, 3.05) is 18.4 Å². The number of carbonyl (C=O) groups is 1. The first kappa shape index (κ1) is 19.5. The number of benzene rings is 1. The van der Waals surface area contributed by atoms with Crippen LogP contribution in [0, 0.1) is 5.92 Å². The number of hydrogen-bond donors (Lipinski definition) is 1. The molecular weight excluding hydrogens is 392 g/mol. The lowest BCUT2D eigenvalue weighted by atomic mass is 9.94. The Hall–Kier alpha value is -2.44. The lowest BCUT2D eigenvalue weighted by molar-refractivity contribution is 0.102. The number of piperidine rings is 1. The minimum Gasteiger partial charge on any atom is -0.321 e. The van der Waals surface area contributed by atoms with Crippen LogP contribution in [0.25, 0.3) is 11.3 Å². The molecule has 0 atom stereocenters. The number of aryl methyl sites for hydroxylation is 2. The average Bonchev–Trinajstić information content (AvgIpc) is 3.35. The Morgan fingerprint density at radius 2 is 1.93 bits per heavy atom. The van der Waals surface area contributed by atoms with Crippen LogP contribution in [0.15, 0.2) is 35.7 Å². The summed E-state index contributed by atoms with van der Waals surface area (Å²) in [5, 5.41) is 9.74. The number of fused-ring (bicyclic) bond motifs is 3. The van der Waals surface area contributed by atoms with Gasteiger partial charge in [-0.25, -0.2) is 0 Å². The van der Waals surface area contributed by atoms with Crippen LogP contribution in [0.1, 0.15) is 46.3 Å². The van der Waals surface area contributed by atoms with Crippen LogP contribution in [-0.2, 0) is 26.4 Å². The van der Waals surface area contributed by atoms with E-state index in [0.29, 0.717) is 5.69 Å². The Balaban J connectivity index is 1.28. The van der Waals surface area contributed by atoms with Gasteiger partial charge in [0.05, 0.1) is 5.69 Å². The molecule has 1 saturated heterocycles. The first-order chi connectivity index (χ1) is 14.6. The molecule has 2 aliphatic rings. The van der Waals surface area contributed by atoms with Gasteiger partial charge in [-0.05, 0) is 73.8 Å². The van der Waals surface area contributed by atoms with Crippen LogP contribution in [0.4, 0.5) is 5.69 Å². The molecule has 1 aliphatic carbocycles. The molecular formula is C24H28N4OS. The summed E-state index contributed by atoms with van der Waals surface area (Å²) in [5.41, 5.74) is 6.05. The third kappa shape index (κ3) is 3.70. The van der Waals surface area contributed by atoms with Crippen LogP contribution in [0.5, 0.6) is 0 Å². The van der Waals surface area contributed by atoms with Crippen LogP contribution in [0.2, 0.25) is 0 Å². The highest BCUT2D eigenvalue weighted by atomic mass is 32.1. The van der Waals surface area contributed by atoms with Gasteiger partial charge in [0, 0.05) is 35.3 Å². The molecule has 1 amide bonds. The van der Waals surface area contributed by atoms with Crippen LogP contribution < -0.4 is 5.32 Å². The van der Waals surface area contributed by atoms with E-state index in [0.717, 1.165) is 42.2 Å². The zero-order chi connectivity index (χ0) is 20.7. The van der Waals surface area contributed by atoms with Gasteiger partial charge < -0.3 is 5.32 Å². The summed E-state index contributed by atoms with van der Waals surface area (Å²) in [7, 11) is 1.93. The fourth-order valence-electron chi connectivity index (χ4n) is 4.67. The minimum absolute atomic E-state index is 0.122. The molecule has 5 nitrogen and oxygen atoms in total. The molecule has 1 N–H and O–H groups in total. The van der Waals surface area contributed by atoms with Gasteiger partial charge in [0.2, 0.25) is 0 Å². The summed E-state index contributed by atoms with van der Waals surface area (Å²) in [6, 6.07) is 10.4. The van der Waals surface area contributed by atoms with E-state index >= 15 is 0 Å². The monoisotopic (exact) mass is 420 g/mol. The van der Waals surface area contributed by atoms with Crippen molar-refractivity contribution in [2.45, 2.75) is 39.2 Å². The molecule has 30 heavy (non-hydrogen) atoms. The zero-order valence-electron chi connectivity index (χ0n) is 17.6. The van der Waals surface area contributed by atoms with E-state index in [1.807, 2.05) is 23.9 Å². The predicted octanol–water partition coefficient (Wildman–Crippen LogP) is 4.73. The molecule has 0 unspecified atom stereocenters. The number of amides is 1. The number of likely N-dealkylation sites (tertiary alicyclic amines) is 1. The number of aromatic nitrogens is 2. The molecule has 3 aromatic rings. The van der Waals surface area contributed by atoms with Crippen molar-refractivity contribution in [3.63, 3.8) is 0 Å². The van der Waals surface area contributed by atoms with E-state index in [1.54, 1.807) is 11.3 Å². The largest absolute Gasteiger partial charge is 0.321 e. The Labute approximate surface area is 181 Å². The molecule has 1 aliphatic heterocycles. The fourth-order valence-corrected chi connectivity index (χ4v) is 5.55. The third-order valence-corrected chi connectivity index (χ3v) is 7.44. The normalized spacial score (nSPS) is 16.9. The van der Waals surface area contributed by atoms with Crippen molar-refractivity contribution in [2.24, 2.45) is 13.0 Å².